The van der Waals surface area contributed by atoms with Crippen molar-refractivity contribution >= 4 is 21.7 Å². The second kappa shape index (κ2) is 10.1. The Bertz CT molecular complexity index is 1480. The molecule has 1 aliphatic carbocycles. The number of urea groups is 1. The molecule has 1 spiro atoms. The second-order valence-corrected chi connectivity index (χ2v) is 12.3. The molecule has 2 N–H and O–H groups in total. The lowest BCUT2D eigenvalue weighted by atomic mass is 9.79. The number of fused-ring (bicyclic) bond motifs is 2. The van der Waals surface area contributed by atoms with Crippen molar-refractivity contribution in [3.05, 3.63) is 76.9 Å². The quantitative estimate of drug-likeness (QED) is 0.442. The highest BCUT2D eigenvalue weighted by Gasteiger charge is 2.46. The first kappa shape index (κ1) is 26.3. The number of aryl methyl sites for hydroxylation is 2. The SMILES string of the molecule is CNS(=O)(=O)c1ccc(CNC(=O)N2CC3(CCCC3)c3cc(-c4cc(C)c(OC)cc4C)ccc32)cc1. The van der Waals surface area contributed by atoms with E-state index in [1.165, 1.54) is 31.0 Å². The van der Waals surface area contributed by atoms with Crippen LogP contribution in [0.1, 0.15) is 47.9 Å². The minimum absolute atomic E-state index is 0.0126. The van der Waals surface area contributed by atoms with Gasteiger partial charge in [-0.1, -0.05) is 31.0 Å². The van der Waals surface area contributed by atoms with Crippen LogP contribution in [-0.4, -0.2) is 35.2 Å². The number of nitrogens with one attached hydrogen (secondary N) is 2. The van der Waals surface area contributed by atoms with Gasteiger partial charge >= 0.3 is 6.03 Å². The van der Waals surface area contributed by atoms with Gasteiger partial charge in [-0.2, -0.15) is 0 Å². The Morgan fingerprint density at radius 3 is 2.37 bits per heavy atom. The average Bonchev–Trinajstić information content (AvgIpc) is 3.53. The van der Waals surface area contributed by atoms with Gasteiger partial charge in [0.2, 0.25) is 10.0 Å². The number of sulfonamides is 1. The summed E-state index contributed by atoms with van der Waals surface area (Å²) >= 11 is 0. The fraction of sp³-hybridized carbons (Fsp3) is 0.367. The van der Waals surface area contributed by atoms with Crippen LogP contribution in [0.15, 0.2) is 59.5 Å². The van der Waals surface area contributed by atoms with Crippen molar-refractivity contribution in [3.8, 4) is 16.9 Å². The molecule has 8 heteroatoms. The summed E-state index contributed by atoms with van der Waals surface area (Å²) in [6, 6.07) is 17.2. The minimum atomic E-state index is -3.49. The van der Waals surface area contributed by atoms with Crippen molar-refractivity contribution < 1.29 is 17.9 Å². The van der Waals surface area contributed by atoms with Crippen LogP contribution in [0.3, 0.4) is 0 Å². The number of methoxy groups -OCH3 is 1. The maximum Gasteiger partial charge on any atom is 0.322 e. The topological polar surface area (TPSA) is 87.7 Å². The number of hydrogen-bond acceptors (Lipinski definition) is 4. The van der Waals surface area contributed by atoms with E-state index < -0.39 is 10.0 Å². The molecule has 0 bridgehead atoms. The number of nitrogens with zero attached hydrogens (tertiary/aromatic N) is 1. The number of ether oxygens (including phenoxy) is 1. The first-order valence-corrected chi connectivity index (χ1v) is 14.5. The highest BCUT2D eigenvalue weighted by Crippen LogP contribution is 2.51. The van der Waals surface area contributed by atoms with Gasteiger partial charge in [-0.25, -0.2) is 17.9 Å². The van der Waals surface area contributed by atoms with Gasteiger partial charge in [0, 0.05) is 24.2 Å². The van der Waals surface area contributed by atoms with Crippen molar-refractivity contribution in [1.82, 2.24) is 10.0 Å². The molecule has 5 rings (SSSR count). The zero-order valence-corrected chi connectivity index (χ0v) is 23.2. The predicted molar refractivity (Wildman–Crippen MR) is 150 cm³/mol. The Balaban J connectivity index is 1.40. The number of hydrogen-bond donors (Lipinski definition) is 2. The third kappa shape index (κ3) is 4.67. The molecule has 0 aromatic heterocycles. The molecule has 3 aromatic rings. The number of amides is 2. The predicted octanol–water partition coefficient (Wildman–Crippen LogP) is 5.43. The Morgan fingerprint density at radius 1 is 1.00 bits per heavy atom. The van der Waals surface area contributed by atoms with Crippen molar-refractivity contribution in [2.45, 2.75) is 56.4 Å². The lowest BCUT2D eigenvalue weighted by Crippen LogP contribution is -2.41. The summed E-state index contributed by atoms with van der Waals surface area (Å²) in [6.45, 7) is 5.17. The van der Waals surface area contributed by atoms with Crippen molar-refractivity contribution in [2.24, 2.45) is 0 Å². The van der Waals surface area contributed by atoms with Gasteiger partial charge in [0.15, 0.2) is 0 Å². The molecular formula is C30H35N3O4S. The molecule has 0 radical (unpaired) electrons. The Labute approximate surface area is 225 Å². The maximum absolute atomic E-state index is 13.4. The van der Waals surface area contributed by atoms with E-state index in [9.17, 15) is 13.2 Å². The molecule has 0 atom stereocenters. The molecule has 0 unspecified atom stereocenters. The molecule has 38 heavy (non-hydrogen) atoms. The van der Waals surface area contributed by atoms with Crippen LogP contribution < -0.4 is 19.7 Å². The fourth-order valence-corrected chi connectivity index (χ4v) is 6.73. The zero-order chi connectivity index (χ0) is 27.1. The van der Waals surface area contributed by atoms with Crippen LogP contribution in [0.2, 0.25) is 0 Å². The van der Waals surface area contributed by atoms with Gasteiger partial charge in [0.25, 0.3) is 0 Å². The largest absolute Gasteiger partial charge is 0.496 e. The number of benzene rings is 3. The summed E-state index contributed by atoms with van der Waals surface area (Å²) in [5.74, 6) is 0.890. The van der Waals surface area contributed by atoms with Crippen LogP contribution in [0.4, 0.5) is 10.5 Å². The standard InChI is InChI=1S/C30H35N3O4S/c1-20-16-28(37-4)21(2)15-25(20)23-9-12-27-26(17-23)30(13-5-6-14-30)19-33(27)29(34)32-18-22-7-10-24(11-8-22)38(35,36)31-3/h7-12,15-17,31H,5-6,13-14,18-19H2,1-4H3,(H,32,34). The Hall–Kier alpha value is -3.36. The first-order chi connectivity index (χ1) is 18.2. The van der Waals surface area contributed by atoms with E-state index in [0.717, 1.165) is 46.5 Å². The van der Waals surface area contributed by atoms with E-state index in [-0.39, 0.29) is 16.3 Å². The summed E-state index contributed by atoms with van der Waals surface area (Å²) < 4.78 is 31.8. The molecule has 2 aliphatic rings. The van der Waals surface area contributed by atoms with E-state index >= 15 is 0 Å². The van der Waals surface area contributed by atoms with Crippen LogP contribution in [-0.2, 0) is 22.0 Å². The summed E-state index contributed by atoms with van der Waals surface area (Å²) in [5, 5.41) is 3.04. The molecular weight excluding hydrogens is 498 g/mol. The minimum Gasteiger partial charge on any atom is -0.496 e. The number of carbonyl (C=O) groups excluding carboxylic acids is 1. The van der Waals surface area contributed by atoms with Gasteiger partial charge in [0.1, 0.15) is 5.75 Å². The van der Waals surface area contributed by atoms with Crippen LogP contribution in [0, 0.1) is 13.8 Å². The number of rotatable bonds is 6. The Morgan fingerprint density at radius 2 is 1.71 bits per heavy atom. The normalized spacial score (nSPS) is 16.1. The van der Waals surface area contributed by atoms with Gasteiger partial charge in [-0.05, 0) is 104 Å². The molecule has 2 amide bonds. The van der Waals surface area contributed by atoms with Crippen LogP contribution in [0.5, 0.6) is 5.75 Å². The van der Waals surface area contributed by atoms with Gasteiger partial charge in [-0.3, -0.25) is 4.90 Å². The van der Waals surface area contributed by atoms with Gasteiger partial charge in [-0.15, -0.1) is 0 Å². The third-order valence-electron chi connectivity index (χ3n) is 8.12. The molecule has 3 aromatic carbocycles. The number of carbonyl (C=O) groups is 1. The smallest absolute Gasteiger partial charge is 0.322 e. The monoisotopic (exact) mass is 533 g/mol. The van der Waals surface area contributed by atoms with E-state index in [1.54, 1.807) is 31.4 Å². The van der Waals surface area contributed by atoms with Crippen molar-refractivity contribution in [3.63, 3.8) is 0 Å². The summed E-state index contributed by atoms with van der Waals surface area (Å²) in [7, 11) is -0.406. The first-order valence-electron chi connectivity index (χ1n) is 13.1. The molecule has 1 heterocycles. The van der Waals surface area contributed by atoms with Crippen molar-refractivity contribution in [2.75, 3.05) is 25.6 Å². The van der Waals surface area contributed by atoms with Crippen LogP contribution >= 0.6 is 0 Å². The van der Waals surface area contributed by atoms with E-state index in [4.69, 9.17) is 4.74 Å². The Kier molecular flexibility index (Phi) is 6.96. The average molecular weight is 534 g/mol. The zero-order valence-electron chi connectivity index (χ0n) is 22.4. The third-order valence-corrected chi connectivity index (χ3v) is 9.55. The summed E-state index contributed by atoms with van der Waals surface area (Å²) in [4.78, 5) is 15.5. The molecule has 0 saturated heterocycles. The molecule has 1 fully saturated rings. The fourth-order valence-electron chi connectivity index (χ4n) is 6.00. The number of anilines is 1. The molecule has 200 valence electrons. The van der Waals surface area contributed by atoms with Crippen LogP contribution in [0.25, 0.3) is 11.1 Å². The lowest BCUT2D eigenvalue weighted by Gasteiger charge is -2.25. The summed E-state index contributed by atoms with van der Waals surface area (Å²) in [6.07, 6.45) is 4.49. The van der Waals surface area contributed by atoms with Crippen molar-refractivity contribution in [1.29, 1.82) is 0 Å². The highest BCUT2D eigenvalue weighted by atomic mass is 32.2. The van der Waals surface area contributed by atoms with Gasteiger partial charge in [0.05, 0.1) is 12.0 Å². The van der Waals surface area contributed by atoms with E-state index in [2.05, 4.69) is 54.2 Å². The maximum atomic E-state index is 13.4. The lowest BCUT2D eigenvalue weighted by molar-refractivity contribution is 0.245. The second-order valence-electron chi connectivity index (χ2n) is 10.5. The molecule has 1 aliphatic heterocycles. The summed E-state index contributed by atoms with van der Waals surface area (Å²) in [5.41, 5.74) is 7.67. The highest BCUT2D eigenvalue weighted by molar-refractivity contribution is 7.89. The molecule has 1 saturated carbocycles. The van der Waals surface area contributed by atoms with Gasteiger partial charge < -0.3 is 10.1 Å². The van der Waals surface area contributed by atoms with E-state index in [0.29, 0.717) is 13.1 Å². The molecule has 7 nitrogen and oxygen atoms in total. The van der Waals surface area contributed by atoms with E-state index in [1.807, 2.05) is 4.90 Å².